The molecule has 0 fully saturated rings. The Balaban J connectivity index is 2.66. The number of rotatable bonds is 1. The van der Waals surface area contributed by atoms with Crippen LogP contribution in [0.1, 0.15) is 64.7 Å². The molecule has 0 saturated heterocycles. The summed E-state index contributed by atoms with van der Waals surface area (Å²) < 4.78 is 5.47. The molecule has 0 aromatic heterocycles. The van der Waals surface area contributed by atoms with Gasteiger partial charge in [0, 0.05) is 13.5 Å². The lowest BCUT2D eigenvalue weighted by Crippen LogP contribution is -2.39. The van der Waals surface area contributed by atoms with Crippen LogP contribution in [0.2, 0.25) is 0 Å². The molecule has 22 heavy (non-hydrogen) atoms. The summed E-state index contributed by atoms with van der Waals surface area (Å²) in [5.41, 5.74) is 5.75. The number of carbonyl (C=O) groups is 2. The lowest BCUT2D eigenvalue weighted by molar-refractivity contribution is -0.149. The standard InChI is InChI=1S/C16H29N3O3/c1-3-13-10-8-6-4-5-7-9-11-14(20)18-16(17)19(2)12-15(21)22-13/h13H,3-12H2,1-2H3,(H2,17,18,20). The van der Waals surface area contributed by atoms with Crippen molar-refractivity contribution in [1.82, 2.24) is 4.90 Å². The average molecular weight is 311 g/mol. The highest BCUT2D eigenvalue weighted by molar-refractivity contribution is 5.93. The largest absolute Gasteiger partial charge is 0.461 e. The molecular weight excluding hydrogens is 282 g/mol. The summed E-state index contributed by atoms with van der Waals surface area (Å²) >= 11 is 0. The Labute approximate surface area is 133 Å². The van der Waals surface area contributed by atoms with E-state index in [0.717, 1.165) is 51.4 Å². The maximum atomic E-state index is 11.9. The number of hydrogen-bond acceptors (Lipinski definition) is 5. The van der Waals surface area contributed by atoms with Crippen molar-refractivity contribution in [2.75, 3.05) is 13.6 Å². The molecule has 1 rings (SSSR count). The first-order chi connectivity index (χ1) is 10.5. The van der Waals surface area contributed by atoms with Crippen molar-refractivity contribution in [3.63, 3.8) is 0 Å². The normalized spacial score (nSPS) is 23.8. The quantitative estimate of drug-likeness (QED) is 0.750. The van der Waals surface area contributed by atoms with Crippen LogP contribution in [0.25, 0.3) is 0 Å². The van der Waals surface area contributed by atoms with Gasteiger partial charge in [-0.15, -0.1) is 0 Å². The zero-order chi connectivity index (χ0) is 16.4. The minimum Gasteiger partial charge on any atom is -0.461 e. The van der Waals surface area contributed by atoms with E-state index in [9.17, 15) is 9.59 Å². The monoisotopic (exact) mass is 311 g/mol. The van der Waals surface area contributed by atoms with E-state index in [1.807, 2.05) is 6.92 Å². The number of aliphatic imine (C=N–C) groups is 1. The van der Waals surface area contributed by atoms with Crippen LogP contribution >= 0.6 is 0 Å². The predicted octanol–water partition coefficient (Wildman–Crippen LogP) is 2.22. The lowest BCUT2D eigenvalue weighted by Gasteiger charge is -2.20. The van der Waals surface area contributed by atoms with E-state index in [4.69, 9.17) is 10.5 Å². The molecule has 0 bridgehead atoms. The summed E-state index contributed by atoms with van der Waals surface area (Å²) in [6, 6.07) is 0. The van der Waals surface area contributed by atoms with Crippen LogP contribution in [-0.4, -0.2) is 42.4 Å². The Bertz CT molecular complexity index is 396. The van der Waals surface area contributed by atoms with Gasteiger partial charge in [0.2, 0.25) is 5.91 Å². The predicted molar refractivity (Wildman–Crippen MR) is 86.4 cm³/mol. The van der Waals surface area contributed by atoms with Gasteiger partial charge in [-0.2, -0.15) is 4.99 Å². The second-order valence-corrected chi connectivity index (χ2v) is 5.90. The SMILES string of the molecule is CCC1CCCCCCCCC(=O)N=C(N)N(C)CC(=O)O1. The number of esters is 1. The van der Waals surface area contributed by atoms with E-state index in [-0.39, 0.29) is 30.5 Å². The molecule has 126 valence electrons. The fourth-order valence-electron chi connectivity index (χ4n) is 2.47. The molecular formula is C16H29N3O3. The number of ether oxygens (including phenoxy) is 1. The topological polar surface area (TPSA) is 85.0 Å². The van der Waals surface area contributed by atoms with Crippen molar-refractivity contribution in [2.24, 2.45) is 10.7 Å². The van der Waals surface area contributed by atoms with Crippen molar-refractivity contribution in [3.8, 4) is 0 Å². The third-order valence-electron chi connectivity index (χ3n) is 3.92. The fraction of sp³-hybridized carbons (Fsp3) is 0.812. The highest BCUT2D eigenvalue weighted by atomic mass is 16.5. The first-order valence-corrected chi connectivity index (χ1v) is 8.30. The number of guanidine groups is 1. The van der Waals surface area contributed by atoms with E-state index in [0.29, 0.717) is 6.42 Å². The summed E-state index contributed by atoms with van der Waals surface area (Å²) in [7, 11) is 1.64. The number of cyclic esters (lactones) is 1. The van der Waals surface area contributed by atoms with Gasteiger partial charge in [0.15, 0.2) is 5.96 Å². The fourth-order valence-corrected chi connectivity index (χ4v) is 2.47. The van der Waals surface area contributed by atoms with E-state index < -0.39 is 0 Å². The molecule has 0 saturated carbocycles. The van der Waals surface area contributed by atoms with Gasteiger partial charge < -0.3 is 15.4 Å². The molecule has 0 radical (unpaired) electrons. The minimum absolute atomic E-state index is 0.0130. The molecule has 1 aliphatic rings. The summed E-state index contributed by atoms with van der Waals surface area (Å²) in [6.45, 7) is 2.04. The molecule has 1 atom stereocenters. The summed E-state index contributed by atoms with van der Waals surface area (Å²) in [6.07, 6.45) is 8.51. The van der Waals surface area contributed by atoms with Crippen molar-refractivity contribution >= 4 is 17.8 Å². The second-order valence-electron chi connectivity index (χ2n) is 5.90. The van der Waals surface area contributed by atoms with Gasteiger partial charge in [-0.05, 0) is 25.7 Å². The summed E-state index contributed by atoms with van der Waals surface area (Å²) in [5, 5.41) is 0. The Morgan fingerprint density at radius 3 is 2.50 bits per heavy atom. The molecule has 0 spiro atoms. The number of nitrogens with two attached hydrogens (primary N) is 1. The maximum absolute atomic E-state index is 11.9. The van der Waals surface area contributed by atoms with Crippen LogP contribution in [-0.2, 0) is 14.3 Å². The van der Waals surface area contributed by atoms with Crippen LogP contribution in [0, 0.1) is 0 Å². The van der Waals surface area contributed by atoms with Gasteiger partial charge in [-0.1, -0.05) is 32.6 Å². The molecule has 1 unspecified atom stereocenters. The third kappa shape index (κ3) is 7.43. The highest BCUT2D eigenvalue weighted by Crippen LogP contribution is 2.14. The number of carbonyl (C=O) groups excluding carboxylic acids is 2. The van der Waals surface area contributed by atoms with Crippen molar-refractivity contribution < 1.29 is 14.3 Å². The van der Waals surface area contributed by atoms with Crippen molar-refractivity contribution in [2.45, 2.75) is 70.8 Å². The van der Waals surface area contributed by atoms with E-state index >= 15 is 0 Å². The molecule has 0 aromatic carbocycles. The smallest absolute Gasteiger partial charge is 0.325 e. The van der Waals surface area contributed by atoms with Gasteiger partial charge in [0.25, 0.3) is 0 Å². The highest BCUT2D eigenvalue weighted by Gasteiger charge is 2.16. The number of hydrogen-bond donors (Lipinski definition) is 1. The molecule has 6 nitrogen and oxygen atoms in total. The first-order valence-electron chi connectivity index (χ1n) is 8.30. The molecule has 1 heterocycles. The zero-order valence-electron chi connectivity index (χ0n) is 13.8. The van der Waals surface area contributed by atoms with Crippen molar-refractivity contribution in [3.05, 3.63) is 0 Å². The van der Waals surface area contributed by atoms with Crippen LogP contribution < -0.4 is 5.73 Å². The van der Waals surface area contributed by atoms with E-state index in [1.165, 1.54) is 4.90 Å². The molecule has 0 aliphatic carbocycles. The van der Waals surface area contributed by atoms with Crippen molar-refractivity contribution in [1.29, 1.82) is 0 Å². The third-order valence-corrected chi connectivity index (χ3v) is 3.92. The number of nitrogens with zero attached hydrogens (tertiary/aromatic N) is 2. The van der Waals surface area contributed by atoms with E-state index in [1.54, 1.807) is 7.05 Å². The molecule has 6 heteroatoms. The Hall–Kier alpha value is -1.59. The van der Waals surface area contributed by atoms with Gasteiger partial charge >= 0.3 is 5.97 Å². The summed E-state index contributed by atoms with van der Waals surface area (Å²) in [4.78, 5) is 28.9. The summed E-state index contributed by atoms with van der Waals surface area (Å²) in [5.74, 6) is -0.481. The minimum atomic E-state index is -0.327. The first kappa shape index (κ1) is 18.5. The Kier molecular flexibility index (Phi) is 8.55. The van der Waals surface area contributed by atoms with Gasteiger partial charge in [-0.3, -0.25) is 9.59 Å². The van der Waals surface area contributed by atoms with Gasteiger partial charge in [0.1, 0.15) is 12.6 Å². The van der Waals surface area contributed by atoms with Crippen LogP contribution in [0.3, 0.4) is 0 Å². The zero-order valence-corrected chi connectivity index (χ0v) is 13.8. The molecule has 1 amide bonds. The molecule has 2 N–H and O–H groups in total. The van der Waals surface area contributed by atoms with Gasteiger partial charge in [-0.25, -0.2) is 0 Å². The average Bonchev–Trinajstić information content (AvgIpc) is 2.47. The number of amides is 1. The van der Waals surface area contributed by atoms with Crippen LogP contribution in [0.5, 0.6) is 0 Å². The molecule has 1 aliphatic heterocycles. The second kappa shape index (κ2) is 10.2. The lowest BCUT2D eigenvalue weighted by atomic mass is 10.0. The Morgan fingerprint density at radius 1 is 1.18 bits per heavy atom. The molecule has 0 aromatic rings. The van der Waals surface area contributed by atoms with E-state index in [2.05, 4.69) is 4.99 Å². The van der Waals surface area contributed by atoms with Crippen LogP contribution in [0.4, 0.5) is 0 Å². The maximum Gasteiger partial charge on any atom is 0.325 e. The Morgan fingerprint density at radius 2 is 1.82 bits per heavy atom. The van der Waals surface area contributed by atoms with Gasteiger partial charge in [0.05, 0.1) is 0 Å². The number of likely N-dealkylation sites (N-methyl/N-ethyl adjacent to an activating group) is 1. The van der Waals surface area contributed by atoms with Crippen LogP contribution in [0.15, 0.2) is 4.99 Å².